The maximum Gasteiger partial charge on any atom is 0.326 e. The van der Waals surface area contributed by atoms with Crippen LogP contribution in [0.2, 0.25) is 0 Å². The quantitative estimate of drug-likeness (QED) is 0.853. The predicted octanol–water partition coefficient (Wildman–Crippen LogP) is 2.65. The first-order valence-electron chi connectivity index (χ1n) is 7.82. The lowest BCUT2D eigenvalue weighted by atomic mass is 10.0. The molecule has 0 aliphatic carbocycles. The Morgan fingerprint density at radius 1 is 1.12 bits per heavy atom. The first kappa shape index (κ1) is 17.2. The van der Waals surface area contributed by atoms with Crippen LogP contribution in [-0.2, 0) is 21.4 Å². The summed E-state index contributed by atoms with van der Waals surface area (Å²) in [5.74, 6) is -1.14. The molecule has 0 atom stereocenters. The Labute approximate surface area is 146 Å². The molecule has 0 aromatic heterocycles. The highest BCUT2D eigenvalue weighted by Crippen LogP contribution is 2.28. The van der Waals surface area contributed by atoms with Gasteiger partial charge in [-0.3, -0.25) is 9.10 Å². The largest absolute Gasteiger partial charge is 0.326 e. The molecule has 0 spiro atoms. The van der Waals surface area contributed by atoms with Crippen molar-refractivity contribution >= 4 is 27.9 Å². The highest BCUT2D eigenvalue weighted by atomic mass is 32.2. The van der Waals surface area contributed by atoms with E-state index >= 15 is 0 Å². The maximum atomic E-state index is 12.8. The van der Waals surface area contributed by atoms with E-state index in [0.717, 1.165) is 18.1 Å². The van der Waals surface area contributed by atoms with Gasteiger partial charge in [-0.15, -0.1) is 0 Å². The number of para-hydroxylation sites is 1. The molecule has 0 saturated carbocycles. The number of fused-ring (bicyclic) bond motifs is 1. The maximum absolute atomic E-state index is 12.8. The Morgan fingerprint density at radius 3 is 2.60 bits per heavy atom. The van der Waals surface area contributed by atoms with Gasteiger partial charge in [-0.2, -0.15) is 8.42 Å². The molecule has 0 saturated heterocycles. The monoisotopic (exact) mass is 360 g/mol. The van der Waals surface area contributed by atoms with E-state index in [-0.39, 0.29) is 5.82 Å². The minimum Gasteiger partial charge on any atom is -0.269 e. The van der Waals surface area contributed by atoms with Gasteiger partial charge in [0.05, 0.1) is 5.69 Å². The fourth-order valence-corrected chi connectivity index (χ4v) is 3.95. The van der Waals surface area contributed by atoms with Crippen LogP contribution in [0.4, 0.5) is 10.1 Å². The van der Waals surface area contributed by atoms with Crippen LogP contribution in [-0.4, -0.2) is 20.9 Å². The van der Waals surface area contributed by atoms with E-state index in [2.05, 4.69) is 0 Å². The van der Waals surface area contributed by atoms with Gasteiger partial charge in [0, 0.05) is 12.6 Å². The first-order chi connectivity index (χ1) is 12.0. The summed E-state index contributed by atoms with van der Waals surface area (Å²) < 4.78 is 41.2. The molecule has 1 N–H and O–H groups in total. The normalized spacial score (nSPS) is 14.4. The van der Waals surface area contributed by atoms with E-state index in [1.807, 2.05) is 16.9 Å². The Balaban J connectivity index is 1.73. The summed E-state index contributed by atoms with van der Waals surface area (Å²) in [5.41, 5.74) is 2.13. The van der Waals surface area contributed by atoms with E-state index in [1.54, 1.807) is 12.1 Å². The van der Waals surface area contributed by atoms with Crippen LogP contribution < -0.4 is 9.03 Å². The molecule has 2 aromatic carbocycles. The summed E-state index contributed by atoms with van der Waals surface area (Å²) >= 11 is 0. The number of carbonyl (C=O) groups excluding carboxylic acids is 1. The molecule has 1 heterocycles. The Bertz CT molecular complexity index is 908. The third kappa shape index (κ3) is 4.06. The fraction of sp³-hybridized carbons (Fsp3) is 0.167. The number of anilines is 1. The summed E-state index contributed by atoms with van der Waals surface area (Å²) in [7, 11) is -3.98. The fourth-order valence-electron chi connectivity index (χ4n) is 2.71. The van der Waals surface area contributed by atoms with Crippen molar-refractivity contribution in [1.29, 1.82) is 0 Å². The number of hydrogen-bond donors (Lipinski definition) is 1. The SMILES string of the molecule is O=C(/C=C/c1ccc(F)cc1)NS(=O)(=O)N1CCCc2ccccc21. The zero-order valence-corrected chi connectivity index (χ0v) is 14.2. The molecule has 5 nitrogen and oxygen atoms in total. The van der Waals surface area contributed by atoms with Crippen molar-refractivity contribution in [1.82, 2.24) is 4.72 Å². The smallest absolute Gasteiger partial charge is 0.269 e. The molecule has 3 rings (SSSR count). The molecule has 0 radical (unpaired) electrons. The number of aryl methyl sites for hydroxylation is 1. The first-order valence-corrected chi connectivity index (χ1v) is 9.26. The second-order valence-corrected chi connectivity index (χ2v) is 7.26. The van der Waals surface area contributed by atoms with Crippen molar-refractivity contribution in [3.05, 3.63) is 71.6 Å². The standard InChI is InChI=1S/C18H17FN2O3S/c19-16-10-7-14(8-11-16)9-12-18(22)20-25(23,24)21-13-3-5-15-4-1-2-6-17(15)21/h1-2,4,6-12H,3,5,13H2,(H,20,22)/b12-9+. The molecule has 130 valence electrons. The Morgan fingerprint density at radius 2 is 1.84 bits per heavy atom. The van der Waals surface area contributed by atoms with Crippen molar-refractivity contribution in [3.63, 3.8) is 0 Å². The molecule has 7 heteroatoms. The summed E-state index contributed by atoms with van der Waals surface area (Å²) in [6.45, 7) is 0.321. The van der Waals surface area contributed by atoms with Gasteiger partial charge in [0.2, 0.25) is 0 Å². The molecule has 1 amide bonds. The molecule has 1 aliphatic rings. The van der Waals surface area contributed by atoms with Crippen molar-refractivity contribution in [2.24, 2.45) is 0 Å². The van der Waals surface area contributed by atoms with E-state index in [0.29, 0.717) is 24.2 Å². The number of nitrogens with one attached hydrogen (secondary N) is 1. The van der Waals surface area contributed by atoms with E-state index in [4.69, 9.17) is 0 Å². The molecule has 2 aromatic rings. The van der Waals surface area contributed by atoms with Gasteiger partial charge >= 0.3 is 10.2 Å². The molecule has 0 bridgehead atoms. The van der Waals surface area contributed by atoms with Crippen LogP contribution in [0.1, 0.15) is 17.5 Å². The van der Waals surface area contributed by atoms with E-state index in [9.17, 15) is 17.6 Å². The number of carbonyl (C=O) groups is 1. The van der Waals surface area contributed by atoms with Crippen LogP contribution in [0, 0.1) is 5.82 Å². The van der Waals surface area contributed by atoms with Gasteiger partial charge in [-0.05, 0) is 48.2 Å². The van der Waals surface area contributed by atoms with Crippen LogP contribution in [0.25, 0.3) is 6.08 Å². The second-order valence-electron chi connectivity index (χ2n) is 5.66. The zero-order chi connectivity index (χ0) is 17.9. The molecule has 0 unspecified atom stereocenters. The lowest BCUT2D eigenvalue weighted by Crippen LogP contribution is -2.45. The van der Waals surface area contributed by atoms with Crippen LogP contribution in [0.15, 0.2) is 54.6 Å². The number of rotatable bonds is 4. The van der Waals surface area contributed by atoms with Crippen LogP contribution >= 0.6 is 0 Å². The second kappa shape index (κ2) is 7.06. The summed E-state index contributed by atoms with van der Waals surface area (Å²) in [4.78, 5) is 12.0. The van der Waals surface area contributed by atoms with Gasteiger partial charge in [-0.25, -0.2) is 9.11 Å². The average molecular weight is 360 g/mol. The molecule has 1 aliphatic heterocycles. The van der Waals surface area contributed by atoms with Crippen molar-refractivity contribution in [3.8, 4) is 0 Å². The molecule has 0 fully saturated rings. The van der Waals surface area contributed by atoms with Gasteiger partial charge in [0.15, 0.2) is 0 Å². The molecule has 25 heavy (non-hydrogen) atoms. The third-order valence-electron chi connectivity index (χ3n) is 3.88. The summed E-state index contributed by atoms with van der Waals surface area (Å²) in [6, 6.07) is 12.8. The number of halogens is 1. The number of hydrogen-bond acceptors (Lipinski definition) is 3. The van der Waals surface area contributed by atoms with Gasteiger partial charge in [0.1, 0.15) is 5.82 Å². The highest BCUT2D eigenvalue weighted by Gasteiger charge is 2.28. The Hall–Kier alpha value is -2.67. The number of benzene rings is 2. The van der Waals surface area contributed by atoms with Gasteiger partial charge in [-0.1, -0.05) is 30.3 Å². The summed E-state index contributed by atoms with van der Waals surface area (Å²) in [6.07, 6.45) is 4.03. The molecular weight excluding hydrogens is 343 g/mol. The van der Waals surface area contributed by atoms with E-state index < -0.39 is 16.1 Å². The van der Waals surface area contributed by atoms with Crippen LogP contribution in [0.5, 0.6) is 0 Å². The van der Waals surface area contributed by atoms with Crippen molar-refractivity contribution < 1.29 is 17.6 Å². The minimum atomic E-state index is -3.98. The lowest BCUT2D eigenvalue weighted by Gasteiger charge is -2.29. The Kier molecular flexibility index (Phi) is 4.85. The van der Waals surface area contributed by atoms with Gasteiger partial charge < -0.3 is 0 Å². The minimum absolute atomic E-state index is 0.321. The van der Waals surface area contributed by atoms with E-state index in [1.165, 1.54) is 34.6 Å². The van der Waals surface area contributed by atoms with Gasteiger partial charge in [0.25, 0.3) is 5.91 Å². The van der Waals surface area contributed by atoms with Crippen molar-refractivity contribution in [2.75, 3.05) is 10.8 Å². The lowest BCUT2D eigenvalue weighted by molar-refractivity contribution is -0.114. The van der Waals surface area contributed by atoms with Crippen LogP contribution in [0.3, 0.4) is 0 Å². The summed E-state index contributed by atoms with van der Waals surface area (Å²) in [5, 5.41) is 0. The third-order valence-corrected chi connectivity index (χ3v) is 5.30. The molecular formula is C18H17FN2O3S. The zero-order valence-electron chi connectivity index (χ0n) is 13.4. The number of amides is 1. The predicted molar refractivity (Wildman–Crippen MR) is 94.6 cm³/mol. The topological polar surface area (TPSA) is 66.5 Å². The van der Waals surface area contributed by atoms with Crippen molar-refractivity contribution in [2.45, 2.75) is 12.8 Å². The number of nitrogens with zero attached hydrogens (tertiary/aromatic N) is 1. The highest BCUT2D eigenvalue weighted by molar-refractivity contribution is 7.91. The average Bonchev–Trinajstić information content (AvgIpc) is 2.60.